The zero-order valence-corrected chi connectivity index (χ0v) is 9.83. The van der Waals surface area contributed by atoms with Crippen molar-refractivity contribution in [2.24, 2.45) is 5.73 Å². The van der Waals surface area contributed by atoms with Gasteiger partial charge >= 0.3 is 6.18 Å². The van der Waals surface area contributed by atoms with Crippen LogP contribution in [0.1, 0.15) is 23.1 Å². The first-order chi connectivity index (χ1) is 7.98. The monoisotopic (exact) mass is 278 g/mol. The second-order valence-electron chi connectivity index (χ2n) is 3.47. The number of alkyl halides is 3. The van der Waals surface area contributed by atoms with Gasteiger partial charge in [0, 0.05) is 0 Å². The van der Waals surface area contributed by atoms with Crippen molar-refractivity contribution in [3.63, 3.8) is 0 Å². The van der Waals surface area contributed by atoms with Crippen molar-refractivity contribution >= 4 is 12.4 Å². The van der Waals surface area contributed by atoms with Crippen LogP contribution >= 0.6 is 12.4 Å². The lowest BCUT2D eigenvalue weighted by atomic mass is 10.0. The van der Waals surface area contributed by atoms with Gasteiger partial charge in [-0.15, -0.1) is 12.4 Å². The van der Waals surface area contributed by atoms with Gasteiger partial charge < -0.3 is 10.2 Å². The molecule has 0 aliphatic heterocycles. The Morgan fingerprint density at radius 1 is 1.28 bits per heavy atom. The molecular weight excluding hydrogens is 269 g/mol. The van der Waals surface area contributed by atoms with Crippen molar-refractivity contribution in [3.8, 4) is 0 Å². The van der Waals surface area contributed by atoms with Gasteiger partial charge in [-0.3, -0.25) is 0 Å². The summed E-state index contributed by atoms with van der Waals surface area (Å²) in [4.78, 5) is 3.81. The van der Waals surface area contributed by atoms with Crippen LogP contribution in [-0.2, 0) is 6.18 Å². The fourth-order valence-corrected chi connectivity index (χ4v) is 1.44. The molecule has 2 rings (SSSR count). The quantitative estimate of drug-likeness (QED) is 0.918. The first-order valence-corrected chi connectivity index (χ1v) is 4.80. The summed E-state index contributed by atoms with van der Waals surface area (Å²) in [6, 6.07) is 4.00. The highest BCUT2D eigenvalue weighted by Crippen LogP contribution is 2.31. The predicted molar refractivity (Wildman–Crippen MR) is 61.2 cm³/mol. The molecule has 0 saturated heterocycles. The zero-order valence-electron chi connectivity index (χ0n) is 9.02. The number of aromatic nitrogens is 1. The van der Waals surface area contributed by atoms with Gasteiger partial charge in [0.05, 0.1) is 11.8 Å². The Bertz CT molecular complexity index is 499. The van der Waals surface area contributed by atoms with E-state index in [1.54, 1.807) is 0 Å². The maximum Gasteiger partial charge on any atom is 0.416 e. The fraction of sp³-hybridized carbons (Fsp3) is 0.182. The molecule has 1 unspecified atom stereocenters. The smallest absolute Gasteiger partial charge is 0.416 e. The number of rotatable bonds is 2. The molecule has 0 radical (unpaired) electrons. The lowest BCUT2D eigenvalue weighted by Gasteiger charge is -2.11. The Balaban J connectivity index is 0.00000162. The van der Waals surface area contributed by atoms with E-state index in [0.29, 0.717) is 5.56 Å². The Morgan fingerprint density at radius 2 is 2.00 bits per heavy atom. The number of nitrogens with two attached hydrogens (primary N) is 1. The third-order valence-electron chi connectivity index (χ3n) is 2.29. The van der Waals surface area contributed by atoms with Gasteiger partial charge in [-0.25, -0.2) is 4.98 Å². The predicted octanol–water partition coefficient (Wildman–Crippen LogP) is 3.16. The SMILES string of the molecule is Cl.NC(c1cccc(C(F)(F)F)c1)c1ncco1. The Morgan fingerprint density at radius 3 is 2.56 bits per heavy atom. The van der Waals surface area contributed by atoms with Gasteiger partial charge in [0.15, 0.2) is 0 Å². The fourth-order valence-electron chi connectivity index (χ4n) is 1.44. The van der Waals surface area contributed by atoms with Gasteiger partial charge in [-0.05, 0) is 17.7 Å². The molecule has 2 aromatic rings. The summed E-state index contributed by atoms with van der Waals surface area (Å²) in [6.45, 7) is 0. The molecule has 0 spiro atoms. The van der Waals surface area contributed by atoms with E-state index in [2.05, 4.69) is 4.98 Å². The second-order valence-corrected chi connectivity index (χ2v) is 3.47. The highest BCUT2D eigenvalue weighted by molar-refractivity contribution is 5.85. The summed E-state index contributed by atoms with van der Waals surface area (Å²) in [6.07, 6.45) is -1.67. The second kappa shape index (κ2) is 5.41. The number of halogens is 4. The highest BCUT2D eigenvalue weighted by Gasteiger charge is 2.31. The first-order valence-electron chi connectivity index (χ1n) is 4.80. The van der Waals surface area contributed by atoms with Crippen molar-refractivity contribution in [1.82, 2.24) is 4.98 Å². The van der Waals surface area contributed by atoms with Gasteiger partial charge in [0.25, 0.3) is 0 Å². The van der Waals surface area contributed by atoms with E-state index in [9.17, 15) is 13.2 Å². The summed E-state index contributed by atoms with van der Waals surface area (Å²) >= 11 is 0. The van der Waals surface area contributed by atoms with E-state index in [1.807, 2.05) is 0 Å². The molecule has 3 nitrogen and oxygen atoms in total. The maximum atomic E-state index is 12.5. The average Bonchev–Trinajstić information content (AvgIpc) is 2.80. The standard InChI is InChI=1S/C11H9F3N2O.ClH/c12-11(13,14)8-3-1-2-7(6-8)9(15)10-16-4-5-17-10;/h1-6,9H,15H2;1H. The van der Waals surface area contributed by atoms with Crippen molar-refractivity contribution in [3.05, 3.63) is 53.7 Å². The molecule has 0 saturated carbocycles. The van der Waals surface area contributed by atoms with Crippen molar-refractivity contribution in [2.45, 2.75) is 12.2 Å². The average molecular weight is 279 g/mol. The molecule has 98 valence electrons. The summed E-state index contributed by atoms with van der Waals surface area (Å²) in [7, 11) is 0. The van der Waals surface area contributed by atoms with Crippen LogP contribution in [0, 0.1) is 0 Å². The molecule has 0 aliphatic carbocycles. The number of nitrogens with zero attached hydrogens (tertiary/aromatic N) is 1. The topological polar surface area (TPSA) is 52.0 Å². The van der Waals surface area contributed by atoms with Crippen LogP contribution in [0.15, 0.2) is 41.1 Å². The lowest BCUT2D eigenvalue weighted by Crippen LogP contribution is -2.14. The van der Waals surface area contributed by atoms with Crippen LogP contribution < -0.4 is 5.73 Å². The number of oxazole rings is 1. The van der Waals surface area contributed by atoms with Gasteiger partial charge in [0.1, 0.15) is 12.3 Å². The lowest BCUT2D eigenvalue weighted by molar-refractivity contribution is -0.137. The van der Waals surface area contributed by atoms with Gasteiger partial charge in [-0.1, -0.05) is 12.1 Å². The molecule has 1 atom stereocenters. The molecule has 0 aliphatic rings. The van der Waals surface area contributed by atoms with Gasteiger partial charge in [0.2, 0.25) is 5.89 Å². The minimum atomic E-state index is -4.38. The van der Waals surface area contributed by atoms with Crippen LogP contribution in [0.5, 0.6) is 0 Å². The van der Waals surface area contributed by atoms with E-state index in [4.69, 9.17) is 10.2 Å². The van der Waals surface area contributed by atoms with Crippen LogP contribution in [0.4, 0.5) is 13.2 Å². The number of hydrogen-bond acceptors (Lipinski definition) is 3. The molecule has 1 aromatic heterocycles. The summed E-state index contributed by atoms with van der Waals surface area (Å²) in [5, 5.41) is 0. The minimum absolute atomic E-state index is 0. The van der Waals surface area contributed by atoms with Crippen molar-refractivity contribution in [1.29, 1.82) is 0 Å². The Kier molecular flexibility index (Phi) is 4.37. The molecule has 0 bridgehead atoms. The van der Waals surface area contributed by atoms with Crippen molar-refractivity contribution in [2.75, 3.05) is 0 Å². The molecule has 0 amide bonds. The Labute approximate surface area is 107 Å². The van der Waals surface area contributed by atoms with Crippen LogP contribution in [-0.4, -0.2) is 4.98 Å². The summed E-state index contributed by atoms with van der Waals surface area (Å²) in [5.41, 5.74) is 5.32. The zero-order chi connectivity index (χ0) is 12.5. The highest BCUT2D eigenvalue weighted by atomic mass is 35.5. The molecule has 0 fully saturated rings. The van der Waals surface area contributed by atoms with Crippen LogP contribution in [0.2, 0.25) is 0 Å². The molecule has 1 heterocycles. The third-order valence-corrected chi connectivity index (χ3v) is 2.29. The molecule has 18 heavy (non-hydrogen) atoms. The largest absolute Gasteiger partial charge is 0.447 e. The van der Waals surface area contributed by atoms with Crippen LogP contribution in [0.3, 0.4) is 0 Å². The molecule has 7 heteroatoms. The Hall–Kier alpha value is -1.53. The molecular formula is C11H10ClF3N2O. The first kappa shape index (κ1) is 14.5. The van der Waals surface area contributed by atoms with E-state index in [0.717, 1.165) is 12.1 Å². The third kappa shape index (κ3) is 3.02. The van der Waals surface area contributed by atoms with Crippen LogP contribution in [0.25, 0.3) is 0 Å². The summed E-state index contributed by atoms with van der Waals surface area (Å²) < 4.78 is 42.4. The van der Waals surface area contributed by atoms with Gasteiger partial charge in [-0.2, -0.15) is 13.2 Å². The van der Waals surface area contributed by atoms with E-state index in [1.165, 1.54) is 24.6 Å². The van der Waals surface area contributed by atoms with Crippen molar-refractivity contribution < 1.29 is 17.6 Å². The maximum absolute atomic E-state index is 12.5. The normalized spacial score (nSPS) is 12.9. The minimum Gasteiger partial charge on any atom is -0.447 e. The molecule has 1 aromatic carbocycles. The summed E-state index contributed by atoms with van der Waals surface area (Å²) in [5.74, 6) is 0.185. The van der Waals surface area contributed by atoms with E-state index >= 15 is 0 Å². The number of hydrogen-bond donors (Lipinski definition) is 1. The number of benzene rings is 1. The van der Waals surface area contributed by atoms with E-state index in [-0.39, 0.29) is 18.3 Å². The molecule has 2 N–H and O–H groups in total. The van der Waals surface area contributed by atoms with E-state index < -0.39 is 17.8 Å².